The summed E-state index contributed by atoms with van der Waals surface area (Å²) in [6.45, 7) is 6.32. The number of piperazine rings is 1. The average molecular weight is 426 g/mol. The number of benzene rings is 1. The van der Waals surface area contributed by atoms with Gasteiger partial charge in [0.15, 0.2) is 0 Å². The van der Waals surface area contributed by atoms with Crippen LogP contribution in [0.15, 0.2) is 30.5 Å². The minimum atomic E-state index is -0.130. The van der Waals surface area contributed by atoms with Crippen molar-refractivity contribution >= 4 is 28.4 Å². The van der Waals surface area contributed by atoms with E-state index in [-0.39, 0.29) is 12.5 Å². The minimum absolute atomic E-state index is 0.130. The second kappa shape index (κ2) is 8.00. The van der Waals surface area contributed by atoms with Crippen molar-refractivity contribution in [1.29, 1.82) is 0 Å². The van der Waals surface area contributed by atoms with E-state index < -0.39 is 0 Å². The number of aliphatic hydroxyl groups is 1. The van der Waals surface area contributed by atoms with Gasteiger partial charge in [-0.1, -0.05) is 17.7 Å². The molecule has 156 valence electrons. The zero-order chi connectivity index (χ0) is 20.7. The van der Waals surface area contributed by atoms with Gasteiger partial charge in [-0.25, -0.2) is 0 Å². The lowest BCUT2D eigenvalue weighted by molar-refractivity contribution is 0.0966. The molecule has 0 spiro atoms. The van der Waals surface area contributed by atoms with E-state index in [1.807, 2.05) is 0 Å². The van der Waals surface area contributed by atoms with Crippen molar-refractivity contribution in [2.45, 2.75) is 13.1 Å². The highest BCUT2D eigenvalue weighted by Crippen LogP contribution is 2.33. The van der Waals surface area contributed by atoms with Crippen LogP contribution >= 0.6 is 11.6 Å². The smallest absolute Gasteiger partial charge is 0.254 e. The molecule has 2 aliphatic heterocycles. The lowest BCUT2D eigenvalue weighted by atomic mass is 10.1. The predicted molar refractivity (Wildman–Crippen MR) is 117 cm³/mol. The molecule has 0 atom stereocenters. The molecule has 5 rings (SSSR count). The van der Waals surface area contributed by atoms with Crippen molar-refractivity contribution in [3.63, 3.8) is 0 Å². The predicted octanol–water partition coefficient (Wildman–Crippen LogP) is 2.24. The number of fused-ring (bicyclic) bond motifs is 2. The van der Waals surface area contributed by atoms with Crippen LogP contribution in [0.1, 0.15) is 21.5 Å². The van der Waals surface area contributed by atoms with Crippen LogP contribution < -0.4 is 5.32 Å². The van der Waals surface area contributed by atoms with Gasteiger partial charge in [0.1, 0.15) is 0 Å². The molecule has 1 aromatic carbocycles. The highest BCUT2D eigenvalue weighted by Gasteiger charge is 2.27. The van der Waals surface area contributed by atoms with E-state index in [9.17, 15) is 4.79 Å². The molecule has 3 N–H and O–H groups in total. The molecule has 3 aromatic rings. The fraction of sp³-hybridized carbons (Fsp3) is 0.364. The minimum Gasteiger partial charge on any atom is -0.395 e. The topological polar surface area (TPSA) is 84.5 Å². The number of rotatable bonds is 5. The number of pyridine rings is 1. The maximum absolute atomic E-state index is 12.3. The fourth-order valence-corrected chi connectivity index (χ4v) is 4.59. The fourth-order valence-electron chi connectivity index (χ4n) is 4.38. The summed E-state index contributed by atoms with van der Waals surface area (Å²) < 4.78 is 0. The van der Waals surface area contributed by atoms with Gasteiger partial charge < -0.3 is 15.4 Å². The summed E-state index contributed by atoms with van der Waals surface area (Å²) in [7, 11) is 0. The van der Waals surface area contributed by atoms with Gasteiger partial charge >= 0.3 is 0 Å². The van der Waals surface area contributed by atoms with Crippen molar-refractivity contribution < 1.29 is 9.90 Å². The molecule has 0 unspecified atom stereocenters. The van der Waals surface area contributed by atoms with Crippen molar-refractivity contribution in [3.05, 3.63) is 52.2 Å². The summed E-state index contributed by atoms with van der Waals surface area (Å²) in [6.07, 6.45) is 1.61. The van der Waals surface area contributed by atoms with Gasteiger partial charge in [-0.3, -0.25) is 19.6 Å². The Morgan fingerprint density at radius 2 is 1.93 bits per heavy atom. The largest absolute Gasteiger partial charge is 0.395 e. The third-order valence-electron chi connectivity index (χ3n) is 6.01. The number of hydrogen-bond donors (Lipinski definition) is 3. The van der Waals surface area contributed by atoms with E-state index in [0.29, 0.717) is 22.8 Å². The lowest BCUT2D eigenvalue weighted by Gasteiger charge is -2.34. The number of carbonyl (C=O) groups is 1. The van der Waals surface area contributed by atoms with Gasteiger partial charge in [-0.15, -0.1) is 0 Å². The van der Waals surface area contributed by atoms with E-state index in [1.54, 1.807) is 6.20 Å². The molecule has 1 fully saturated rings. The van der Waals surface area contributed by atoms with Crippen molar-refractivity contribution in [1.82, 2.24) is 25.1 Å². The maximum atomic E-state index is 12.3. The Kier molecular flexibility index (Phi) is 5.20. The quantitative estimate of drug-likeness (QED) is 0.583. The van der Waals surface area contributed by atoms with E-state index in [0.717, 1.165) is 61.4 Å². The highest BCUT2D eigenvalue weighted by molar-refractivity contribution is 6.32. The molecule has 7 nitrogen and oxygen atoms in total. The number of nitrogens with one attached hydrogen (secondary N) is 2. The number of carbonyl (C=O) groups excluding carboxylic acids is 1. The molecular formula is C22H24ClN5O2. The summed E-state index contributed by atoms with van der Waals surface area (Å²) in [6, 6.07) is 8.49. The maximum Gasteiger partial charge on any atom is 0.254 e. The van der Waals surface area contributed by atoms with E-state index in [2.05, 4.69) is 49.4 Å². The Morgan fingerprint density at radius 1 is 1.13 bits per heavy atom. The van der Waals surface area contributed by atoms with Gasteiger partial charge in [0, 0.05) is 68.5 Å². The first kappa shape index (κ1) is 19.5. The molecule has 0 bridgehead atoms. The standard InChI is InChI=1S/C22H24ClN5O2/c23-17-12-24-21(20-16(17)11-25-22(20)30)19-10-15-9-14(1-2-18(15)26-19)13-28-5-3-27(4-6-28)7-8-29/h1-2,9-10,12,26,29H,3-8,11,13H2,(H,25,30). The van der Waals surface area contributed by atoms with Gasteiger partial charge in [0.05, 0.1) is 28.6 Å². The van der Waals surface area contributed by atoms with Crippen LogP contribution in [0, 0.1) is 0 Å². The Bertz CT molecular complexity index is 1100. The number of aliphatic hydroxyl groups excluding tert-OH is 1. The molecule has 30 heavy (non-hydrogen) atoms. The van der Waals surface area contributed by atoms with Crippen LogP contribution in [0.3, 0.4) is 0 Å². The average Bonchev–Trinajstić information content (AvgIpc) is 3.34. The molecule has 0 saturated carbocycles. The van der Waals surface area contributed by atoms with Crippen LogP contribution in [-0.4, -0.2) is 70.1 Å². The first-order valence-corrected chi connectivity index (χ1v) is 10.6. The third-order valence-corrected chi connectivity index (χ3v) is 6.34. The third kappa shape index (κ3) is 3.58. The summed E-state index contributed by atoms with van der Waals surface area (Å²) in [5, 5.41) is 13.5. The first-order chi connectivity index (χ1) is 14.6. The summed E-state index contributed by atoms with van der Waals surface area (Å²) in [4.78, 5) is 24.9. The molecule has 2 aromatic heterocycles. The molecule has 1 amide bonds. The van der Waals surface area contributed by atoms with E-state index in [4.69, 9.17) is 16.7 Å². The summed E-state index contributed by atoms with van der Waals surface area (Å²) in [5.41, 5.74) is 5.12. The molecular weight excluding hydrogens is 402 g/mol. The number of H-pyrrole nitrogens is 1. The molecule has 0 aliphatic carbocycles. The number of aromatic nitrogens is 2. The van der Waals surface area contributed by atoms with Crippen LogP contribution in [0.2, 0.25) is 5.02 Å². The molecule has 2 aliphatic rings. The molecule has 1 saturated heterocycles. The second-order valence-electron chi connectivity index (χ2n) is 7.94. The Balaban J connectivity index is 1.38. The van der Waals surface area contributed by atoms with E-state index >= 15 is 0 Å². The van der Waals surface area contributed by atoms with Crippen LogP contribution in [0.4, 0.5) is 0 Å². The van der Waals surface area contributed by atoms with Crippen LogP contribution in [0.5, 0.6) is 0 Å². The summed E-state index contributed by atoms with van der Waals surface area (Å²) >= 11 is 6.23. The number of hydrogen-bond acceptors (Lipinski definition) is 5. The summed E-state index contributed by atoms with van der Waals surface area (Å²) in [5.74, 6) is -0.130. The Labute approximate surface area is 179 Å². The van der Waals surface area contributed by atoms with Gasteiger partial charge in [0.25, 0.3) is 5.91 Å². The number of halogens is 1. The first-order valence-electron chi connectivity index (χ1n) is 10.3. The van der Waals surface area contributed by atoms with Gasteiger partial charge in [0.2, 0.25) is 0 Å². The number of aromatic amines is 1. The van der Waals surface area contributed by atoms with Crippen LogP contribution in [0.25, 0.3) is 22.3 Å². The Hall–Kier alpha value is -2.45. The number of amides is 1. The molecule has 8 heteroatoms. The van der Waals surface area contributed by atoms with Gasteiger partial charge in [-0.05, 0) is 23.8 Å². The number of β-amino-alcohol motifs (C(OH)–C–C–N with tert-alkyl or cyclic N) is 1. The van der Waals surface area contributed by atoms with Crippen molar-refractivity contribution in [3.8, 4) is 11.4 Å². The van der Waals surface area contributed by atoms with E-state index in [1.165, 1.54) is 5.56 Å². The Morgan fingerprint density at radius 3 is 2.73 bits per heavy atom. The normalized spacial score (nSPS) is 17.5. The number of nitrogens with zero attached hydrogens (tertiary/aromatic N) is 3. The van der Waals surface area contributed by atoms with Crippen molar-refractivity contribution in [2.24, 2.45) is 0 Å². The highest BCUT2D eigenvalue weighted by atomic mass is 35.5. The lowest BCUT2D eigenvalue weighted by Crippen LogP contribution is -2.46. The van der Waals surface area contributed by atoms with Crippen molar-refractivity contribution in [2.75, 3.05) is 39.3 Å². The monoisotopic (exact) mass is 425 g/mol. The zero-order valence-electron chi connectivity index (χ0n) is 16.6. The second-order valence-corrected chi connectivity index (χ2v) is 8.34. The zero-order valence-corrected chi connectivity index (χ0v) is 17.4. The SMILES string of the molecule is O=C1NCc2c(Cl)cnc(-c3cc4cc(CN5CCN(CCO)CC5)ccc4[nH]3)c21. The molecule has 0 radical (unpaired) electrons. The van der Waals surface area contributed by atoms with Gasteiger partial charge in [-0.2, -0.15) is 0 Å². The van der Waals surface area contributed by atoms with Crippen LogP contribution in [-0.2, 0) is 13.1 Å². The molecule has 4 heterocycles.